The highest BCUT2D eigenvalue weighted by molar-refractivity contribution is 6.16. The average Bonchev–Trinajstić information content (AvgIpc) is 3.04. The Morgan fingerprint density at radius 2 is 2.26 bits per heavy atom. The van der Waals surface area contributed by atoms with Crippen LogP contribution in [0.3, 0.4) is 0 Å². The SMILES string of the molecule is CCCc1noc(-c2ccn3c(CCl)nnc3c2)n1. The number of pyridine rings is 1. The second kappa shape index (κ2) is 4.97. The Morgan fingerprint density at radius 3 is 3.05 bits per heavy atom. The summed E-state index contributed by atoms with van der Waals surface area (Å²) in [5, 5.41) is 12.0. The van der Waals surface area contributed by atoms with E-state index in [4.69, 9.17) is 16.1 Å². The van der Waals surface area contributed by atoms with Crippen molar-refractivity contribution in [3.63, 3.8) is 0 Å². The highest BCUT2D eigenvalue weighted by atomic mass is 35.5. The van der Waals surface area contributed by atoms with Crippen molar-refractivity contribution in [2.75, 3.05) is 0 Å². The zero-order chi connectivity index (χ0) is 13.2. The highest BCUT2D eigenvalue weighted by Crippen LogP contribution is 2.19. The van der Waals surface area contributed by atoms with Gasteiger partial charge in [-0.25, -0.2) is 0 Å². The lowest BCUT2D eigenvalue weighted by Gasteiger charge is -1.97. The Kier molecular flexibility index (Phi) is 3.16. The maximum absolute atomic E-state index is 5.78. The quantitative estimate of drug-likeness (QED) is 0.685. The van der Waals surface area contributed by atoms with Crippen LogP contribution in [0.2, 0.25) is 0 Å². The summed E-state index contributed by atoms with van der Waals surface area (Å²) in [6, 6.07) is 3.74. The summed E-state index contributed by atoms with van der Waals surface area (Å²) < 4.78 is 7.07. The molecule has 98 valence electrons. The number of halogens is 1. The first-order valence-electron chi connectivity index (χ1n) is 6.04. The van der Waals surface area contributed by atoms with Crippen LogP contribution in [0, 0.1) is 0 Å². The van der Waals surface area contributed by atoms with Crippen molar-refractivity contribution in [1.82, 2.24) is 24.7 Å². The number of hydrogen-bond acceptors (Lipinski definition) is 5. The topological polar surface area (TPSA) is 69.1 Å². The van der Waals surface area contributed by atoms with Gasteiger partial charge in [0.2, 0.25) is 0 Å². The normalized spacial score (nSPS) is 11.3. The van der Waals surface area contributed by atoms with Gasteiger partial charge in [-0.2, -0.15) is 4.98 Å². The van der Waals surface area contributed by atoms with E-state index in [0.29, 0.717) is 23.2 Å². The van der Waals surface area contributed by atoms with E-state index >= 15 is 0 Å². The van der Waals surface area contributed by atoms with Crippen LogP contribution in [-0.4, -0.2) is 24.7 Å². The van der Waals surface area contributed by atoms with Crippen LogP contribution < -0.4 is 0 Å². The van der Waals surface area contributed by atoms with Crippen molar-refractivity contribution in [1.29, 1.82) is 0 Å². The van der Waals surface area contributed by atoms with Crippen LogP contribution in [0.5, 0.6) is 0 Å². The highest BCUT2D eigenvalue weighted by Gasteiger charge is 2.11. The lowest BCUT2D eigenvalue weighted by Crippen LogP contribution is -1.91. The third kappa shape index (κ3) is 2.19. The molecule has 19 heavy (non-hydrogen) atoms. The van der Waals surface area contributed by atoms with Crippen molar-refractivity contribution in [3.8, 4) is 11.5 Å². The predicted molar refractivity (Wildman–Crippen MR) is 69.8 cm³/mol. The molecule has 0 aromatic carbocycles. The van der Waals surface area contributed by atoms with Gasteiger partial charge in [0, 0.05) is 18.2 Å². The molecule has 0 radical (unpaired) electrons. The molecule has 0 amide bonds. The Balaban J connectivity index is 2.00. The van der Waals surface area contributed by atoms with E-state index in [9.17, 15) is 0 Å². The molecule has 0 aliphatic carbocycles. The van der Waals surface area contributed by atoms with E-state index in [1.54, 1.807) is 0 Å². The van der Waals surface area contributed by atoms with Gasteiger partial charge in [-0.1, -0.05) is 12.1 Å². The van der Waals surface area contributed by atoms with Gasteiger partial charge in [-0.3, -0.25) is 4.40 Å². The van der Waals surface area contributed by atoms with Crippen molar-refractivity contribution < 1.29 is 4.52 Å². The number of nitrogens with zero attached hydrogens (tertiary/aromatic N) is 5. The van der Waals surface area contributed by atoms with Crippen molar-refractivity contribution in [2.24, 2.45) is 0 Å². The Morgan fingerprint density at radius 1 is 1.37 bits per heavy atom. The maximum Gasteiger partial charge on any atom is 0.258 e. The average molecular weight is 278 g/mol. The van der Waals surface area contributed by atoms with Crippen LogP contribution >= 0.6 is 11.6 Å². The predicted octanol–water partition coefficient (Wildman–Crippen LogP) is 2.47. The fraction of sp³-hybridized carbons (Fsp3) is 0.333. The molecular formula is C12H12ClN5O. The molecule has 0 aliphatic rings. The van der Waals surface area contributed by atoms with E-state index in [1.807, 2.05) is 22.7 Å². The Labute approximate surface area is 114 Å². The fourth-order valence-corrected chi connectivity index (χ4v) is 2.04. The Bertz CT molecular complexity index is 705. The zero-order valence-electron chi connectivity index (χ0n) is 10.4. The molecule has 3 heterocycles. The minimum Gasteiger partial charge on any atom is -0.334 e. The summed E-state index contributed by atoms with van der Waals surface area (Å²) in [6.07, 6.45) is 3.65. The molecule has 0 saturated carbocycles. The van der Waals surface area contributed by atoms with E-state index in [0.717, 1.165) is 24.2 Å². The molecule has 0 unspecified atom stereocenters. The maximum atomic E-state index is 5.78. The van der Waals surface area contributed by atoms with Gasteiger partial charge < -0.3 is 4.52 Å². The summed E-state index contributed by atoms with van der Waals surface area (Å²) in [5.41, 5.74) is 1.54. The van der Waals surface area contributed by atoms with E-state index < -0.39 is 0 Å². The molecule has 6 nitrogen and oxygen atoms in total. The molecule has 0 N–H and O–H groups in total. The number of fused-ring (bicyclic) bond motifs is 1. The van der Waals surface area contributed by atoms with Gasteiger partial charge in [-0.15, -0.1) is 21.8 Å². The summed E-state index contributed by atoms with van der Waals surface area (Å²) in [5.74, 6) is 2.25. The van der Waals surface area contributed by atoms with Crippen LogP contribution in [0.4, 0.5) is 0 Å². The smallest absolute Gasteiger partial charge is 0.258 e. The molecule has 3 rings (SSSR count). The standard InChI is InChI=1S/C12H12ClN5O/c1-2-3-9-14-12(19-17-9)8-4-5-18-10(6-8)15-16-11(18)7-13/h4-6H,2-3,7H2,1H3. The fourth-order valence-electron chi connectivity index (χ4n) is 1.86. The van der Waals surface area contributed by atoms with E-state index in [1.165, 1.54) is 0 Å². The summed E-state index contributed by atoms with van der Waals surface area (Å²) in [4.78, 5) is 4.34. The summed E-state index contributed by atoms with van der Waals surface area (Å²) >= 11 is 5.78. The van der Waals surface area contributed by atoms with Crippen molar-refractivity contribution >= 4 is 17.2 Å². The van der Waals surface area contributed by atoms with Gasteiger partial charge in [0.05, 0.1) is 5.88 Å². The first-order valence-corrected chi connectivity index (χ1v) is 6.58. The lowest BCUT2D eigenvalue weighted by molar-refractivity contribution is 0.422. The van der Waals surface area contributed by atoms with E-state index in [2.05, 4.69) is 27.3 Å². The monoisotopic (exact) mass is 277 g/mol. The zero-order valence-corrected chi connectivity index (χ0v) is 11.1. The first-order chi connectivity index (χ1) is 9.31. The number of hydrogen-bond donors (Lipinski definition) is 0. The third-order valence-corrected chi connectivity index (χ3v) is 3.03. The van der Waals surface area contributed by atoms with Crippen LogP contribution in [0.25, 0.3) is 17.1 Å². The van der Waals surface area contributed by atoms with Crippen LogP contribution in [0.1, 0.15) is 25.0 Å². The van der Waals surface area contributed by atoms with Gasteiger partial charge in [0.25, 0.3) is 5.89 Å². The minimum atomic E-state index is 0.321. The number of alkyl halides is 1. The van der Waals surface area contributed by atoms with Crippen LogP contribution in [-0.2, 0) is 12.3 Å². The lowest BCUT2D eigenvalue weighted by atomic mass is 10.2. The number of rotatable bonds is 4. The molecule has 0 spiro atoms. The second-order valence-electron chi connectivity index (χ2n) is 4.16. The van der Waals surface area contributed by atoms with Gasteiger partial charge >= 0.3 is 0 Å². The molecule has 0 aliphatic heterocycles. The molecule has 0 bridgehead atoms. The third-order valence-electron chi connectivity index (χ3n) is 2.79. The van der Waals surface area contributed by atoms with E-state index in [-0.39, 0.29) is 0 Å². The summed E-state index contributed by atoms with van der Waals surface area (Å²) in [7, 11) is 0. The van der Waals surface area contributed by atoms with Gasteiger partial charge in [-0.05, 0) is 18.6 Å². The Hall–Kier alpha value is -1.95. The number of aryl methyl sites for hydroxylation is 1. The molecule has 7 heteroatoms. The molecule has 3 aromatic heterocycles. The molecule has 0 fully saturated rings. The second-order valence-corrected chi connectivity index (χ2v) is 4.43. The molecular weight excluding hydrogens is 266 g/mol. The van der Waals surface area contributed by atoms with Gasteiger partial charge in [0.1, 0.15) is 0 Å². The van der Waals surface area contributed by atoms with Crippen molar-refractivity contribution in [3.05, 3.63) is 30.0 Å². The minimum absolute atomic E-state index is 0.321. The van der Waals surface area contributed by atoms with Gasteiger partial charge in [0.15, 0.2) is 17.3 Å². The van der Waals surface area contributed by atoms with Crippen molar-refractivity contribution in [2.45, 2.75) is 25.6 Å². The molecule has 0 saturated heterocycles. The summed E-state index contributed by atoms with van der Waals surface area (Å²) in [6.45, 7) is 2.08. The first kappa shape index (κ1) is 12.1. The largest absolute Gasteiger partial charge is 0.334 e. The number of aromatic nitrogens is 5. The molecule has 3 aromatic rings. The van der Waals surface area contributed by atoms with Crippen LogP contribution in [0.15, 0.2) is 22.9 Å². The molecule has 0 atom stereocenters.